The Morgan fingerprint density at radius 1 is 1.75 bits per heavy atom. The minimum Gasteiger partial charge on any atom is -0.307 e. The molecule has 0 aromatic carbocycles. The molecule has 0 amide bonds. The minimum absolute atomic E-state index is 0.117. The number of halogens is 1. The van der Waals surface area contributed by atoms with Gasteiger partial charge in [0, 0.05) is 6.07 Å². The standard InChI is InChI=1S/C5H5ClN4O2/c6-4-1-3(10(11)12)2-8-5(4)9-7/h1-2H,7H2,(H,8,9). The molecule has 64 valence electrons. The van der Waals surface area contributed by atoms with Crippen molar-refractivity contribution in [3.05, 3.63) is 27.4 Å². The van der Waals surface area contributed by atoms with Crippen molar-refractivity contribution in [3.8, 4) is 0 Å². The Balaban J connectivity index is 3.10. The van der Waals surface area contributed by atoms with E-state index in [1.165, 1.54) is 6.07 Å². The van der Waals surface area contributed by atoms with Crippen LogP contribution in [0.25, 0.3) is 0 Å². The van der Waals surface area contributed by atoms with E-state index < -0.39 is 4.92 Å². The van der Waals surface area contributed by atoms with Crippen LogP contribution in [0.3, 0.4) is 0 Å². The third-order valence-corrected chi connectivity index (χ3v) is 1.46. The van der Waals surface area contributed by atoms with Gasteiger partial charge in [-0.1, -0.05) is 11.6 Å². The molecule has 0 fully saturated rings. The first-order valence-corrected chi connectivity index (χ1v) is 3.29. The van der Waals surface area contributed by atoms with Gasteiger partial charge in [0.1, 0.15) is 6.20 Å². The number of nitro groups is 1. The van der Waals surface area contributed by atoms with Crippen molar-refractivity contribution in [2.24, 2.45) is 5.84 Å². The van der Waals surface area contributed by atoms with Gasteiger partial charge in [0.15, 0.2) is 5.82 Å². The quantitative estimate of drug-likeness (QED) is 0.409. The fourth-order valence-corrected chi connectivity index (χ4v) is 0.849. The molecular formula is C5H5ClN4O2. The van der Waals surface area contributed by atoms with Gasteiger partial charge in [-0.15, -0.1) is 0 Å². The van der Waals surface area contributed by atoms with Crippen LogP contribution in [0, 0.1) is 10.1 Å². The number of nitrogens with zero attached hydrogens (tertiary/aromatic N) is 2. The summed E-state index contributed by atoms with van der Waals surface area (Å²) < 4.78 is 0. The Morgan fingerprint density at radius 3 is 2.83 bits per heavy atom. The Hall–Kier alpha value is -1.40. The molecule has 1 heterocycles. The molecule has 0 spiro atoms. The smallest absolute Gasteiger partial charge is 0.289 e. The van der Waals surface area contributed by atoms with Crippen LogP contribution in [0.15, 0.2) is 12.3 Å². The summed E-state index contributed by atoms with van der Waals surface area (Å²) in [7, 11) is 0. The van der Waals surface area contributed by atoms with Crippen LogP contribution >= 0.6 is 11.6 Å². The summed E-state index contributed by atoms with van der Waals surface area (Å²) in [5, 5.41) is 10.3. The van der Waals surface area contributed by atoms with Crippen molar-refractivity contribution in [2.45, 2.75) is 0 Å². The molecule has 0 aliphatic carbocycles. The number of anilines is 1. The summed E-state index contributed by atoms with van der Waals surface area (Å²) in [6.07, 6.45) is 1.07. The van der Waals surface area contributed by atoms with Crippen LogP contribution in [-0.2, 0) is 0 Å². The number of hydrogen-bond donors (Lipinski definition) is 2. The molecule has 3 N–H and O–H groups in total. The molecule has 6 nitrogen and oxygen atoms in total. The highest BCUT2D eigenvalue weighted by Gasteiger charge is 2.09. The van der Waals surface area contributed by atoms with Crippen LogP contribution in [0.2, 0.25) is 5.02 Å². The third-order valence-electron chi connectivity index (χ3n) is 1.17. The number of nitrogens with two attached hydrogens (primary N) is 1. The van der Waals surface area contributed by atoms with Gasteiger partial charge in [-0.25, -0.2) is 10.8 Å². The van der Waals surface area contributed by atoms with Crippen LogP contribution in [0.1, 0.15) is 0 Å². The van der Waals surface area contributed by atoms with E-state index in [0.717, 1.165) is 6.20 Å². The molecule has 0 aliphatic heterocycles. The van der Waals surface area contributed by atoms with Gasteiger partial charge in [0.2, 0.25) is 0 Å². The van der Waals surface area contributed by atoms with Crippen molar-refractivity contribution < 1.29 is 4.92 Å². The Kier molecular flexibility index (Phi) is 2.41. The van der Waals surface area contributed by atoms with Gasteiger partial charge in [-0.05, 0) is 0 Å². The molecule has 0 saturated heterocycles. The van der Waals surface area contributed by atoms with E-state index in [4.69, 9.17) is 17.4 Å². The van der Waals surface area contributed by atoms with E-state index in [1.807, 2.05) is 0 Å². The maximum atomic E-state index is 10.2. The van der Waals surface area contributed by atoms with Crippen molar-refractivity contribution in [2.75, 3.05) is 5.43 Å². The van der Waals surface area contributed by atoms with E-state index in [-0.39, 0.29) is 16.5 Å². The number of pyridine rings is 1. The summed E-state index contributed by atoms with van der Waals surface area (Å²) in [6.45, 7) is 0. The van der Waals surface area contributed by atoms with Crippen LogP contribution in [-0.4, -0.2) is 9.91 Å². The van der Waals surface area contributed by atoms with Gasteiger partial charge in [-0.3, -0.25) is 10.1 Å². The van der Waals surface area contributed by atoms with E-state index in [9.17, 15) is 10.1 Å². The molecule has 1 aromatic heterocycles. The highest BCUT2D eigenvalue weighted by Crippen LogP contribution is 2.22. The first kappa shape index (κ1) is 8.69. The number of nitrogen functional groups attached to an aromatic ring is 1. The zero-order chi connectivity index (χ0) is 9.14. The van der Waals surface area contributed by atoms with Gasteiger partial charge in [0.05, 0.1) is 9.95 Å². The van der Waals surface area contributed by atoms with Crippen LogP contribution in [0.4, 0.5) is 11.5 Å². The minimum atomic E-state index is -0.584. The predicted octanol–water partition coefficient (Wildman–Crippen LogP) is 0.929. The lowest BCUT2D eigenvalue weighted by Gasteiger charge is -1.99. The number of aromatic nitrogens is 1. The molecule has 0 bridgehead atoms. The van der Waals surface area contributed by atoms with Gasteiger partial charge in [-0.2, -0.15) is 0 Å². The molecule has 0 atom stereocenters. The number of rotatable bonds is 2. The Labute approximate surface area is 72.5 Å². The van der Waals surface area contributed by atoms with E-state index in [1.54, 1.807) is 0 Å². The summed E-state index contributed by atoms with van der Waals surface area (Å²) >= 11 is 5.56. The number of nitrogens with one attached hydrogen (secondary N) is 1. The first-order chi connectivity index (χ1) is 5.65. The van der Waals surface area contributed by atoms with Crippen molar-refractivity contribution in [1.29, 1.82) is 0 Å². The van der Waals surface area contributed by atoms with Crippen LogP contribution in [0.5, 0.6) is 0 Å². The monoisotopic (exact) mass is 188 g/mol. The molecule has 12 heavy (non-hydrogen) atoms. The maximum Gasteiger partial charge on any atom is 0.289 e. The lowest BCUT2D eigenvalue weighted by atomic mass is 10.4. The lowest BCUT2D eigenvalue weighted by molar-refractivity contribution is -0.385. The fourth-order valence-electron chi connectivity index (χ4n) is 0.634. The molecular weight excluding hydrogens is 184 g/mol. The highest BCUT2D eigenvalue weighted by atomic mass is 35.5. The topological polar surface area (TPSA) is 94.1 Å². The van der Waals surface area contributed by atoms with Crippen molar-refractivity contribution in [3.63, 3.8) is 0 Å². The molecule has 1 rings (SSSR count). The van der Waals surface area contributed by atoms with Gasteiger partial charge in [0.25, 0.3) is 5.69 Å². The van der Waals surface area contributed by atoms with E-state index in [0.29, 0.717) is 0 Å². The second-order valence-electron chi connectivity index (χ2n) is 1.93. The van der Waals surface area contributed by atoms with E-state index >= 15 is 0 Å². The zero-order valence-electron chi connectivity index (χ0n) is 5.82. The zero-order valence-corrected chi connectivity index (χ0v) is 6.58. The average Bonchev–Trinajstić information content (AvgIpc) is 2.04. The molecule has 0 saturated carbocycles. The summed E-state index contributed by atoms with van der Waals surface area (Å²) in [5.41, 5.74) is 2.03. The second-order valence-corrected chi connectivity index (χ2v) is 2.33. The fraction of sp³-hybridized carbons (Fsp3) is 0. The highest BCUT2D eigenvalue weighted by molar-refractivity contribution is 6.33. The average molecular weight is 189 g/mol. The molecule has 0 radical (unpaired) electrons. The Bertz CT molecular complexity index is 316. The van der Waals surface area contributed by atoms with Crippen molar-refractivity contribution in [1.82, 2.24) is 4.98 Å². The predicted molar refractivity (Wildman–Crippen MR) is 43.7 cm³/mol. The van der Waals surface area contributed by atoms with Gasteiger partial charge < -0.3 is 5.43 Å². The number of hydrogen-bond acceptors (Lipinski definition) is 5. The Morgan fingerprint density at radius 2 is 2.42 bits per heavy atom. The third kappa shape index (κ3) is 1.60. The summed E-state index contributed by atoms with van der Waals surface area (Å²) in [6, 6.07) is 1.17. The molecule has 1 aromatic rings. The summed E-state index contributed by atoms with van der Waals surface area (Å²) in [4.78, 5) is 13.2. The second kappa shape index (κ2) is 3.33. The normalized spacial score (nSPS) is 9.50. The number of hydrazine groups is 1. The molecule has 7 heteroatoms. The van der Waals surface area contributed by atoms with Crippen molar-refractivity contribution >= 4 is 23.1 Å². The van der Waals surface area contributed by atoms with Gasteiger partial charge >= 0.3 is 0 Å². The largest absolute Gasteiger partial charge is 0.307 e. The lowest BCUT2D eigenvalue weighted by Crippen LogP contribution is -2.09. The van der Waals surface area contributed by atoms with E-state index in [2.05, 4.69) is 10.4 Å². The maximum absolute atomic E-state index is 10.2. The molecule has 0 unspecified atom stereocenters. The van der Waals surface area contributed by atoms with Crippen LogP contribution < -0.4 is 11.3 Å². The first-order valence-electron chi connectivity index (χ1n) is 2.91. The summed E-state index contributed by atoms with van der Waals surface area (Å²) in [5.74, 6) is 5.22. The SMILES string of the molecule is NNc1ncc([N+](=O)[O-])cc1Cl. The molecule has 0 aliphatic rings.